The van der Waals surface area contributed by atoms with E-state index in [9.17, 15) is 0 Å². The summed E-state index contributed by atoms with van der Waals surface area (Å²) in [6.45, 7) is 0.613. The minimum atomic E-state index is 0.613. The molecule has 0 atom stereocenters. The molecule has 0 bridgehead atoms. The molecule has 3 aromatic rings. The predicted molar refractivity (Wildman–Crippen MR) is 89.7 cm³/mol. The summed E-state index contributed by atoms with van der Waals surface area (Å²) in [5.74, 6) is 1.59. The van der Waals surface area contributed by atoms with Crippen LogP contribution in [0.3, 0.4) is 0 Å². The summed E-state index contributed by atoms with van der Waals surface area (Å²) < 4.78 is 6.97. The van der Waals surface area contributed by atoms with Gasteiger partial charge in [-0.1, -0.05) is 12.1 Å². The number of hydrogen-bond acceptors (Lipinski definition) is 5. The quantitative estimate of drug-likeness (QED) is 0.724. The molecule has 3 rings (SSSR count). The molecule has 0 N–H and O–H groups in total. The topological polar surface area (TPSA) is 56.1 Å². The normalized spacial score (nSPS) is 10.6. The number of hydrogen-bond donors (Lipinski definition) is 0. The van der Waals surface area contributed by atoms with E-state index in [-0.39, 0.29) is 0 Å². The monoisotopic (exact) mass is 309 g/mol. The van der Waals surface area contributed by atoms with Gasteiger partial charge < -0.3 is 9.64 Å². The Morgan fingerprint density at radius 3 is 2.30 bits per heavy atom. The second-order valence-corrected chi connectivity index (χ2v) is 5.45. The third-order valence-electron chi connectivity index (χ3n) is 3.67. The third kappa shape index (κ3) is 3.31. The molecule has 0 aliphatic rings. The lowest BCUT2D eigenvalue weighted by molar-refractivity contribution is 0.414. The van der Waals surface area contributed by atoms with Crippen LogP contribution in [0.4, 0.5) is 5.69 Å². The second kappa shape index (κ2) is 6.48. The van der Waals surface area contributed by atoms with Gasteiger partial charge in [0.1, 0.15) is 5.75 Å². The van der Waals surface area contributed by atoms with E-state index >= 15 is 0 Å². The molecular formula is C17H19N5O. The molecule has 0 fully saturated rings. The van der Waals surface area contributed by atoms with Crippen LogP contribution >= 0.6 is 0 Å². The third-order valence-corrected chi connectivity index (χ3v) is 3.67. The lowest BCUT2D eigenvalue weighted by Gasteiger charge is -2.12. The molecule has 0 radical (unpaired) electrons. The largest absolute Gasteiger partial charge is 0.497 e. The summed E-state index contributed by atoms with van der Waals surface area (Å²) in [5, 5.41) is 12.1. The Kier molecular flexibility index (Phi) is 4.23. The lowest BCUT2D eigenvalue weighted by Crippen LogP contribution is -2.08. The van der Waals surface area contributed by atoms with Crippen molar-refractivity contribution < 1.29 is 4.74 Å². The standard InChI is InChI=1S/C17H19N5O/c1-21(2)15-8-6-14(7-9-15)17-18-19-20-22(17)12-13-4-10-16(23-3)11-5-13/h4-11H,12H2,1-3H3. The van der Waals surface area contributed by atoms with Gasteiger partial charge >= 0.3 is 0 Å². The van der Waals surface area contributed by atoms with E-state index in [1.807, 2.05) is 50.5 Å². The van der Waals surface area contributed by atoms with E-state index in [4.69, 9.17) is 4.74 Å². The van der Waals surface area contributed by atoms with E-state index < -0.39 is 0 Å². The van der Waals surface area contributed by atoms with Crippen molar-refractivity contribution in [2.75, 3.05) is 26.1 Å². The van der Waals surface area contributed by atoms with E-state index in [1.165, 1.54) is 0 Å². The van der Waals surface area contributed by atoms with Crippen LogP contribution < -0.4 is 9.64 Å². The van der Waals surface area contributed by atoms with Gasteiger partial charge in [0.15, 0.2) is 5.82 Å². The van der Waals surface area contributed by atoms with Gasteiger partial charge in [0, 0.05) is 25.3 Å². The van der Waals surface area contributed by atoms with E-state index in [1.54, 1.807) is 11.8 Å². The molecule has 118 valence electrons. The highest BCUT2D eigenvalue weighted by Gasteiger charge is 2.10. The summed E-state index contributed by atoms with van der Waals surface area (Å²) in [4.78, 5) is 2.06. The van der Waals surface area contributed by atoms with Gasteiger partial charge in [0.05, 0.1) is 13.7 Å². The van der Waals surface area contributed by atoms with Crippen molar-refractivity contribution in [2.45, 2.75) is 6.54 Å². The molecule has 0 unspecified atom stereocenters. The fraction of sp³-hybridized carbons (Fsp3) is 0.235. The highest BCUT2D eigenvalue weighted by Crippen LogP contribution is 2.21. The molecule has 0 aliphatic heterocycles. The molecule has 0 aliphatic carbocycles. The summed E-state index contributed by atoms with van der Waals surface area (Å²) in [7, 11) is 5.69. The van der Waals surface area contributed by atoms with Crippen molar-refractivity contribution in [3.05, 3.63) is 54.1 Å². The van der Waals surface area contributed by atoms with Crippen LogP contribution in [-0.4, -0.2) is 41.4 Å². The maximum absolute atomic E-state index is 5.18. The molecule has 0 spiro atoms. The Morgan fingerprint density at radius 2 is 1.70 bits per heavy atom. The minimum Gasteiger partial charge on any atom is -0.497 e. The van der Waals surface area contributed by atoms with Gasteiger partial charge in [-0.25, -0.2) is 4.68 Å². The lowest BCUT2D eigenvalue weighted by atomic mass is 10.1. The van der Waals surface area contributed by atoms with Crippen LogP contribution in [0.15, 0.2) is 48.5 Å². The Labute approximate surface area is 135 Å². The fourth-order valence-corrected chi connectivity index (χ4v) is 2.33. The van der Waals surface area contributed by atoms with Gasteiger partial charge in [-0.05, 0) is 52.4 Å². The predicted octanol–water partition coefficient (Wildman–Crippen LogP) is 2.46. The number of nitrogens with zero attached hydrogens (tertiary/aromatic N) is 5. The number of aromatic nitrogens is 4. The Balaban J connectivity index is 1.83. The highest BCUT2D eigenvalue weighted by molar-refractivity contribution is 5.60. The molecule has 1 aromatic heterocycles. The van der Waals surface area contributed by atoms with Crippen LogP contribution in [-0.2, 0) is 6.54 Å². The van der Waals surface area contributed by atoms with Crippen molar-refractivity contribution in [1.29, 1.82) is 0 Å². The van der Waals surface area contributed by atoms with Gasteiger partial charge in [0.25, 0.3) is 0 Å². The van der Waals surface area contributed by atoms with Crippen molar-refractivity contribution in [1.82, 2.24) is 20.2 Å². The van der Waals surface area contributed by atoms with Crippen LogP contribution in [0, 0.1) is 0 Å². The first-order valence-electron chi connectivity index (χ1n) is 7.34. The summed E-state index contributed by atoms with van der Waals surface area (Å²) in [6.07, 6.45) is 0. The van der Waals surface area contributed by atoms with Crippen LogP contribution in [0.5, 0.6) is 5.75 Å². The fourth-order valence-electron chi connectivity index (χ4n) is 2.33. The molecule has 0 saturated carbocycles. The van der Waals surface area contributed by atoms with Gasteiger partial charge in [-0.3, -0.25) is 0 Å². The van der Waals surface area contributed by atoms with Gasteiger partial charge in [-0.2, -0.15) is 0 Å². The average molecular weight is 309 g/mol. The molecule has 23 heavy (non-hydrogen) atoms. The number of benzene rings is 2. The SMILES string of the molecule is COc1ccc(Cn2nnnc2-c2ccc(N(C)C)cc2)cc1. The average Bonchev–Trinajstić information content (AvgIpc) is 3.04. The van der Waals surface area contributed by atoms with E-state index in [2.05, 4.69) is 32.6 Å². The molecule has 0 saturated heterocycles. The van der Waals surface area contributed by atoms with Crippen molar-refractivity contribution in [3.63, 3.8) is 0 Å². The van der Waals surface area contributed by atoms with E-state index in [0.717, 1.165) is 28.4 Å². The van der Waals surface area contributed by atoms with Crippen LogP contribution in [0.25, 0.3) is 11.4 Å². The van der Waals surface area contributed by atoms with Gasteiger partial charge in [0.2, 0.25) is 0 Å². The van der Waals surface area contributed by atoms with E-state index in [0.29, 0.717) is 6.54 Å². The molecular weight excluding hydrogens is 290 g/mol. The Morgan fingerprint density at radius 1 is 1.00 bits per heavy atom. The van der Waals surface area contributed by atoms with Crippen LogP contribution in [0.2, 0.25) is 0 Å². The van der Waals surface area contributed by atoms with Crippen LogP contribution in [0.1, 0.15) is 5.56 Å². The maximum Gasteiger partial charge on any atom is 0.182 e. The van der Waals surface area contributed by atoms with Crippen molar-refractivity contribution in [3.8, 4) is 17.1 Å². The number of methoxy groups -OCH3 is 1. The molecule has 6 heteroatoms. The second-order valence-electron chi connectivity index (χ2n) is 5.45. The highest BCUT2D eigenvalue weighted by atomic mass is 16.5. The van der Waals surface area contributed by atoms with Crippen molar-refractivity contribution >= 4 is 5.69 Å². The molecule has 1 heterocycles. The first-order valence-corrected chi connectivity index (χ1v) is 7.34. The van der Waals surface area contributed by atoms with Crippen molar-refractivity contribution in [2.24, 2.45) is 0 Å². The summed E-state index contributed by atoms with van der Waals surface area (Å²) in [6, 6.07) is 16.1. The zero-order valence-corrected chi connectivity index (χ0v) is 13.5. The number of rotatable bonds is 5. The Hall–Kier alpha value is -2.89. The summed E-state index contributed by atoms with van der Waals surface area (Å²) >= 11 is 0. The number of ether oxygens (including phenoxy) is 1. The minimum absolute atomic E-state index is 0.613. The first-order chi connectivity index (χ1) is 11.2. The van der Waals surface area contributed by atoms with Gasteiger partial charge in [-0.15, -0.1) is 5.10 Å². The smallest absolute Gasteiger partial charge is 0.182 e. The first kappa shape index (κ1) is 15.0. The number of tetrazole rings is 1. The number of anilines is 1. The summed E-state index contributed by atoms with van der Waals surface area (Å²) in [5.41, 5.74) is 3.25. The zero-order chi connectivity index (χ0) is 16.2. The molecule has 0 amide bonds. The maximum atomic E-state index is 5.18. The zero-order valence-electron chi connectivity index (χ0n) is 13.5. The molecule has 2 aromatic carbocycles. The Bertz CT molecular complexity index is 762. The molecule has 6 nitrogen and oxygen atoms in total.